The van der Waals surface area contributed by atoms with E-state index in [0.717, 1.165) is 0 Å². The number of carbonyl (C=O) groups is 1. The molecule has 0 aliphatic carbocycles. The number of aromatic nitrogens is 1. The number of benzene rings is 1. The largest absolute Gasteiger partial charge is 0.401 e. The lowest BCUT2D eigenvalue weighted by Gasteiger charge is -2.21. The summed E-state index contributed by atoms with van der Waals surface area (Å²) in [5, 5.41) is 0. The molecule has 1 amide bonds. The second-order valence-electron chi connectivity index (χ2n) is 4.19. The number of carbonyl (C=O) groups excluding carboxylic acids is 1. The summed E-state index contributed by atoms with van der Waals surface area (Å²) in [6, 6.07) is 9.93. The summed E-state index contributed by atoms with van der Waals surface area (Å²) in [5.74, 6) is -2.91. The molecule has 20 heavy (non-hydrogen) atoms. The van der Waals surface area contributed by atoms with Gasteiger partial charge in [0.2, 0.25) is 0 Å². The molecule has 3 nitrogen and oxygen atoms in total. The third-order valence-corrected chi connectivity index (χ3v) is 2.84. The number of halogens is 3. The maximum atomic E-state index is 13.3. The molecule has 1 aromatic heterocycles. The van der Waals surface area contributed by atoms with Crippen LogP contribution in [0.1, 0.15) is 27.5 Å². The van der Waals surface area contributed by atoms with Gasteiger partial charge in [-0.2, -0.15) is 13.2 Å². The van der Waals surface area contributed by atoms with Crippen molar-refractivity contribution in [2.75, 3.05) is 0 Å². The lowest BCUT2D eigenvalue weighted by atomic mass is 9.91. The van der Waals surface area contributed by atoms with Gasteiger partial charge in [0.15, 0.2) is 0 Å². The van der Waals surface area contributed by atoms with Crippen molar-refractivity contribution in [1.82, 2.24) is 4.98 Å². The first kappa shape index (κ1) is 14.0. The van der Waals surface area contributed by atoms with Gasteiger partial charge in [0.25, 0.3) is 5.91 Å². The number of pyridine rings is 1. The van der Waals surface area contributed by atoms with Crippen LogP contribution in [0.25, 0.3) is 0 Å². The molecule has 0 fully saturated rings. The predicted octanol–water partition coefficient (Wildman–Crippen LogP) is 2.87. The highest BCUT2D eigenvalue weighted by Gasteiger charge is 2.44. The van der Waals surface area contributed by atoms with E-state index in [2.05, 4.69) is 4.98 Å². The van der Waals surface area contributed by atoms with Gasteiger partial charge in [-0.05, 0) is 17.7 Å². The second kappa shape index (κ2) is 5.32. The van der Waals surface area contributed by atoms with E-state index in [1.54, 1.807) is 6.07 Å². The highest BCUT2D eigenvalue weighted by Crippen LogP contribution is 2.40. The Morgan fingerprint density at radius 3 is 2.30 bits per heavy atom. The van der Waals surface area contributed by atoms with Gasteiger partial charge in [-0.15, -0.1) is 0 Å². The molecule has 0 aliphatic rings. The molecule has 1 atom stereocenters. The molecule has 0 radical (unpaired) electrons. The molecule has 2 aromatic rings. The number of hydrogen-bond donors (Lipinski definition) is 1. The van der Waals surface area contributed by atoms with E-state index in [4.69, 9.17) is 5.73 Å². The minimum Gasteiger partial charge on any atom is -0.366 e. The van der Waals surface area contributed by atoms with Crippen LogP contribution in [0.2, 0.25) is 0 Å². The van der Waals surface area contributed by atoms with E-state index >= 15 is 0 Å². The minimum absolute atomic E-state index is 0.0150. The molecule has 6 heteroatoms. The summed E-state index contributed by atoms with van der Waals surface area (Å²) < 4.78 is 40.0. The van der Waals surface area contributed by atoms with Gasteiger partial charge in [-0.25, -0.2) is 0 Å². The van der Waals surface area contributed by atoms with Crippen LogP contribution in [0.4, 0.5) is 13.2 Å². The number of nitrogens with two attached hydrogens (primary N) is 1. The average Bonchev–Trinajstić information content (AvgIpc) is 2.39. The fraction of sp³-hybridized carbons (Fsp3) is 0.143. The third-order valence-electron chi connectivity index (χ3n) is 2.84. The van der Waals surface area contributed by atoms with E-state index in [1.165, 1.54) is 42.6 Å². The van der Waals surface area contributed by atoms with Gasteiger partial charge in [0.1, 0.15) is 5.92 Å². The van der Waals surface area contributed by atoms with Crippen LogP contribution in [-0.2, 0) is 0 Å². The maximum Gasteiger partial charge on any atom is 0.401 e. The summed E-state index contributed by atoms with van der Waals surface area (Å²) in [6.07, 6.45) is -3.36. The molecule has 0 aliphatic heterocycles. The zero-order valence-corrected chi connectivity index (χ0v) is 10.3. The van der Waals surface area contributed by atoms with Gasteiger partial charge >= 0.3 is 6.18 Å². The van der Waals surface area contributed by atoms with Crippen molar-refractivity contribution in [2.24, 2.45) is 5.73 Å². The summed E-state index contributed by atoms with van der Waals surface area (Å²) in [7, 11) is 0. The molecule has 0 spiro atoms. The summed E-state index contributed by atoms with van der Waals surface area (Å²) in [5.41, 5.74) is 4.54. The van der Waals surface area contributed by atoms with Crippen molar-refractivity contribution in [3.05, 3.63) is 65.5 Å². The average molecular weight is 280 g/mol. The van der Waals surface area contributed by atoms with Crippen molar-refractivity contribution in [3.63, 3.8) is 0 Å². The predicted molar refractivity (Wildman–Crippen MR) is 67.1 cm³/mol. The Morgan fingerprint density at radius 1 is 1.10 bits per heavy atom. The van der Waals surface area contributed by atoms with E-state index in [0.29, 0.717) is 0 Å². The minimum atomic E-state index is -4.57. The molecule has 1 heterocycles. The van der Waals surface area contributed by atoms with Crippen LogP contribution in [-0.4, -0.2) is 17.1 Å². The van der Waals surface area contributed by atoms with E-state index in [1.807, 2.05) is 0 Å². The van der Waals surface area contributed by atoms with E-state index in [9.17, 15) is 18.0 Å². The summed E-state index contributed by atoms with van der Waals surface area (Å²) in [4.78, 5) is 15.0. The second-order valence-corrected chi connectivity index (χ2v) is 4.19. The quantitative estimate of drug-likeness (QED) is 0.939. The number of hydrogen-bond acceptors (Lipinski definition) is 2. The van der Waals surface area contributed by atoms with Crippen LogP contribution >= 0.6 is 0 Å². The highest BCUT2D eigenvalue weighted by molar-refractivity contribution is 5.94. The molecule has 2 N–H and O–H groups in total. The van der Waals surface area contributed by atoms with Crippen molar-refractivity contribution in [2.45, 2.75) is 12.1 Å². The van der Waals surface area contributed by atoms with Crippen LogP contribution in [0.3, 0.4) is 0 Å². The Labute approximate surface area is 113 Å². The SMILES string of the molecule is NC(=O)c1cccnc1C(c1ccccc1)C(F)(F)F. The normalized spacial score (nSPS) is 12.9. The number of alkyl halides is 3. The first-order valence-electron chi connectivity index (χ1n) is 5.77. The number of amides is 1. The molecular formula is C14H11F3N2O. The summed E-state index contributed by atoms with van der Waals surface area (Å²) in [6.45, 7) is 0. The number of nitrogens with zero attached hydrogens (tertiary/aromatic N) is 1. The Hall–Kier alpha value is -2.37. The van der Waals surface area contributed by atoms with Gasteiger partial charge in [-0.3, -0.25) is 9.78 Å². The Balaban J connectivity index is 2.63. The van der Waals surface area contributed by atoms with Crippen LogP contribution in [0, 0.1) is 0 Å². The van der Waals surface area contributed by atoms with Crippen LogP contribution < -0.4 is 5.73 Å². The first-order chi connectivity index (χ1) is 9.41. The Bertz CT molecular complexity index is 611. The third kappa shape index (κ3) is 2.79. The molecule has 0 bridgehead atoms. The molecule has 1 aromatic carbocycles. The highest BCUT2D eigenvalue weighted by atomic mass is 19.4. The Morgan fingerprint density at radius 2 is 1.75 bits per heavy atom. The van der Waals surface area contributed by atoms with E-state index < -0.39 is 18.0 Å². The van der Waals surface area contributed by atoms with Crippen molar-refractivity contribution in [3.8, 4) is 0 Å². The smallest absolute Gasteiger partial charge is 0.366 e. The maximum absolute atomic E-state index is 13.3. The zero-order valence-electron chi connectivity index (χ0n) is 10.3. The monoisotopic (exact) mass is 280 g/mol. The molecule has 104 valence electrons. The number of primary amides is 1. The van der Waals surface area contributed by atoms with E-state index in [-0.39, 0.29) is 16.8 Å². The lowest BCUT2D eigenvalue weighted by Crippen LogP contribution is -2.26. The Kier molecular flexibility index (Phi) is 3.74. The molecule has 1 unspecified atom stereocenters. The van der Waals surface area contributed by atoms with Crippen molar-refractivity contribution >= 4 is 5.91 Å². The topological polar surface area (TPSA) is 56.0 Å². The first-order valence-corrected chi connectivity index (χ1v) is 5.77. The standard InChI is InChI=1S/C14H11F3N2O/c15-14(16,17)11(9-5-2-1-3-6-9)12-10(13(18)20)7-4-8-19-12/h1-8,11H,(H2,18,20). The molecular weight excluding hydrogens is 269 g/mol. The summed E-state index contributed by atoms with van der Waals surface area (Å²) >= 11 is 0. The fourth-order valence-electron chi connectivity index (χ4n) is 2.00. The fourth-order valence-corrected chi connectivity index (χ4v) is 2.00. The van der Waals surface area contributed by atoms with Crippen molar-refractivity contribution < 1.29 is 18.0 Å². The van der Waals surface area contributed by atoms with Crippen molar-refractivity contribution in [1.29, 1.82) is 0 Å². The van der Waals surface area contributed by atoms with Gasteiger partial charge in [0.05, 0.1) is 11.3 Å². The molecule has 2 rings (SSSR count). The zero-order chi connectivity index (χ0) is 14.8. The lowest BCUT2D eigenvalue weighted by molar-refractivity contribution is -0.141. The molecule has 0 saturated heterocycles. The van der Waals surface area contributed by atoms with Gasteiger partial charge < -0.3 is 5.73 Å². The van der Waals surface area contributed by atoms with Gasteiger partial charge in [0, 0.05) is 6.20 Å². The molecule has 0 saturated carbocycles. The number of rotatable bonds is 3. The van der Waals surface area contributed by atoms with Crippen LogP contribution in [0.15, 0.2) is 48.7 Å². The van der Waals surface area contributed by atoms with Gasteiger partial charge in [-0.1, -0.05) is 30.3 Å². The van der Waals surface area contributed by atoms with Crippen LogP contribution in [0.5, 0.6) is 0 Å².